The van der Waals surface area contributed by atoms with Crippen molar-refractivity contribution in [3.8, 4) is 0 Å². The van der Waals surface area contributed by atoms with Gasteiger partial charge in [-0.15, -0.1) is 0 Å². The van der Waals surface area contributed by atoms with Gasteiger partial charge in [-0.2, -0.15) is 0 Å². The molecule has 2 rings (SSSR count). The molecule has 1 atom stereocenters. The second-order valence-electron chi connectivity index (χ2n) is 4.51. The predicted octanol–water partition coefficient (Wildman–Crippen LogP) is 2.27. The number of Topliss-reactive ketones (excluding diaryl/α,β-unsaturated/α-hetero) is 1. The fourth-order valence-corrected chi connectivity index (χ4v) is 2.30. The molecule has 0 bridgehead atoms. The van der Waals surface area contributed by atoms with Crippen LogP contribution in [0.4, 0.5) is 0 Å². The van der Waals surface area contributed by atoms with Gasteiger partial charge in [0.2, 0.25) is 0 Å². The number of ketones is 1. The first-order valence-corrected chi connectivity index (χ1v) is 6.05. The van der Waals surface area contributed by atoms with Crippen LogP contribution in [0.5, 0.6) is 0 Å². The number of benzene rings is 1. The SMILES string of the molecule is CN(C(=O)c1ccccc1)C1CCCCC1=O. The van der Waals surface area contributed by atoms with Crippen LogP contribution in [0.1, 0.15) is 36.0 Å². The van der Waals surface area contributed by atoms with E-state index in [4.69, 9.17) is 0 Å². The minimum Gasteiger partial charge on any atom is -0.332 e. The van der Waals surface area contributed by atoms with E-state index in [9.17, 15) is 9.59 Å². The van der Waals surface area contributed by atoms with E-state index in [0.717, 1.165) is 19.3 Å². The molecule has 0 aromatic heterocycles. The number of likely N-dealkylation sites (N-methyl/N-ethyl adjacent to an activating group) is 1. The largest absolute Gasteiger partial charge is 0.332 e. The van der Waals surface area contributed by atoms with E-state index in [0.29, 0.717) is 12.0 Å². The molecule has 0 aliphatic heterocycles. The third-order valence-electron chi connectivity index (χ3n) is 3.33. The molecular formula is C14H17NO2. The summed E-state index contributed by atoms with van der Waals surface area (Å²) >= 11 is 0. The Morgan fingerprint density at radius 2 is 1.94 bits per heavy atom. The maximum atomic E-state index is 12.2. The van der Waals surface area contributed by atoms with E-state index in [2.05, 4.69) is 0 Å². The average molecular weight is 231 g/mol. The van der Waals surface area contributed by atoms with Crippen LogP contribution < -0.4 is 0 Å². The Bertz CT molecular complexity index is 413. The van der Waals surface area contributed by atoms with Crippen LogP contribution in [-0.2, 0) is 4.79 Å². The van der Waals surface area contributed by atoms with Crippen molar-refractivity contribution in [3.63, 3.8) is 0 Å². The van der Waals surface area contributed by atoms with E-state index in [1.54, 1.807) is 24.1 Å². The molecule has 1 fully saturated rings. The van der Waals surface area contributed by atoms with Crippen molar-refractivity contribution in [3.05, 3.63) is 35.9 Å². The van der Waals surface area contributed by atoms with E-state index in [-0.39, 0.29) is 17.7 Å². The molecule has 1 aliphatic carbocycles. The average Bonchev–Trinajstić information content (AvgIpc) is 2.39. The van der Waals surface area contributed by atoms with Crippen LogP contribution in [0.3, 0.4) is 0 Å². The highest BCUT2D eigenvalue weighted by atomic mass is 16.2. The molecule has 90 valence electrons. The molecule has 1 amide bonds. The molecule has 1 aromatic carbocycles. The highest BCUT2D eigenvalue weighted by Gasteiger charge is 2.29. The predicted molar refractivity (Wildman–Crippen MR) is 65.8 cm³/mol. The Morgan fingerprint density at radius 3 is 2.59 bits per heavy atom. The van der Waals surface area contributed by atoms with E-state index in [1.807, 2.05) is 18.2 Å². The smallest absolute Gasteiger partial charge is 0.254 e. The fraction of sp³-hybridized carbons (Fsp3) is 0.429. The van der Waals surface area contributed by atoms with Crippen LogP contribution >= 0.6 is 0 Å². The lowest BCUT2D eigenvalue weighted by Gasteiger charge is -2.30. The topological polar surface area (TPSA) is 37.4 Å². The molecule has 0 spiro atoms. The first-order chi connectivity index (χ1) is 8.20. The quantitative estimate of drug-likeness (QED) is 0.783. The third kappa shape index (κ3) is 2.54. The molecule has 1 saturated carbocycles. The summed E-state index contributed by atoms with van der Waals surface area (Å²) in [7, 11) is 1.73. The zero-order valence-electron chi connectivity index (χ0n) is 10.1. The van der Waals surface area contributed by atoms with Crippen molar-refractivity contribution in [2.75, 3.05) is 7.05 Å². The van der Waals surface area contributed by atoms with E-state index >= 15 is 0 Å². The van der Waals surface area contributed by atoms with Gasteiger partial charge in [0.1, 0.15) is 0 Å². The van der Waals surface area contributed by atoms with Gasteiger partial charge in [-0.05, 0) is 25.0 Å². The molecular weight excluding hydrogens is 214 g/mol. The molecule has 0 radical (unpaired) electrons. The number of carbonyl (C=O) groups excluding carboxylic acids is 2. The summed E-state index contributed by atoms with van der Waals surface area (Å²) in [5.41, 5.74) is 0.647. The monoisotopic (exact) mass is 231 g/mol. The zero-order chi connectivity index (χ0) is 12.3. The molecule has 3 heteroatoms. The maximum Gasteiger partial charge on any atom is 0.254 e. The molecule has 0 saturated heterocycles. The molecule has 1 aliphatic rings. The van der Waals surface area contributed by atoms with E-state index < -0.39 is 0 Å². The molecule has 17 heavy (non-hydrogen) atoms. The highest BCUT2D eigenvalue weighted by Crippen LogP contribution is 2.20. The Hall–Kier alpha value is -1.64. The molecule has 0 heterocycles. The van der Waals surface area contributed by atoms with Crippen LogP contribution in [0.25, 0.3) is 0 Å². The van der Waals surface area contributed by atoms with Crippen molar-refractivity contribution < 1.29 is 9.59 Å². The van der Waals surface area contributed by atoms with Gasteiger partial charge in [0, 0.05) is 19.0 Å². The van der Waals surface area contributed by atoms with E-state index in [1.165, 1.54) is 0 Å². The second kappa shape index (κ2) is 5.13. The van der Waals surface area contributed by atoms with Crippen LogP contribution in [0, 0.1) is 0 Å². The summed E-state index contributed by atoms with van der Waals surface area (Å²) in [6.07, 6.45) is 3.40. The fourth-order valence-electron chi connectivity index (χ4n) is 2.30. The number of rotatable bonds is 2. The summed E-state index contributed by atoms with van der Waals surface area (Å²) in [4.78, 5) is 25.5. The minimum absolute atomic E-state index is 0.0640. The standard InChI is InChI=1S/C14H17NO2/c1-15(12-9-5-6-10-13(12)16)14(17)11-7-3-2-4-8-11/h2-4,7-8,12H,5-6,9-10H2,1H3. The van der Waals surface area contributed by atoms with Gasteiger partial charge in [-0.3, -0.25) is 9.59 Å². The van der Waals surface area contributed by atoms with Crippen molar-refractivity contribution >= 4 is 11.7 Å². The zero-order valence-corrected chi connectivity index (χ0v) is 10.1. The summed E-state index contributed by atoms with van der Waals surface area (Å²) in [5, 5.41) is 0. The van der Waals surface area contributed by atoms with Crippen molar-refractivity contribution in [2.45, 2.75) is 31.7 Å². The lowest BCUT2D eigenvalue weighted by atomic mass is 9.93. The van der Waals surface area contributed by atoms with Gasteiger partial charge >= 0.3 is 0 Å². The Morgan fingerprint density at radius 1 is 1.24 bits per heavy atom. The van der Waals surface area contributed by atoms with Crippen LogP contribution in [0.15, 0.2) is 30.3 Å². The first-order valence-electron chi connectivity index (χ1n) is 6.05. The number of hydrogen-bond donors (Lipinski definition) is 0. The molecule has 3 nitrogen and oxygen atoms in total. The molecule has 1 unspecified atom stereocenters. The van der Waals surface area contributed by atoms with Crippen LogP contribution in [-0.4, -0.2) is 29.7 Å². The number of amides is 1. The van der Waals surface area contributed by atoms with Gasteiger partial charge < -0.3 is 4.90 Å². The Kier molecular flexibility index (Phi) is 3.57. The normalized spacial score (nSPS) is 20.1. The molecule has 0 N–H and O–H groups in total. The summed E-state index contributed by atoms with van der Waals surface area (Å²) in [5.74, 6) is 0.133. The van der Waals surface area contributed by atoms with Crippen LogP contribution in [0.2, 0.25) is 0 Å². The summed E-state index contributed by atoms with van der Waals surface area (Å²) in [6.45, 7) is 0. The maximum absolute atomic E-state index is 12.2. The summed E-state index contributed by atoms with van der Waals surface area (Å²) in [6, 6.07) is 8.89. The highest BCUT2D eigenvalue weighted by molar-refractivity contribution is 5.97. The number of hydrogen-bond acceptors (Lipinski definition) is 2. The van der Waals surface area contributed by atoms with Gasteiger partial charge in [0.15, 0.2) is 5.78 Å². The lowest BCUT2D eigenvalue weighted by molar-refractivity contribution is -0.124. The van der Waals surface area contributed by atoms with Gasteiger partial charge in [0.05, 0.1) is 6.04 Å². The van der Waals surface area contributed by atoms with Gasteiger partial charge in [-0.25, -0.2) is 0 Å². The van der Waals surface area contributed by atoms with Gasteiger partial charge in [-0.1, -0.05) is 24.6 Å². The molecule has 1 aromatic rings. The third-order valence-corrected chi connectivity index (χ3v) is 3.33. The Balaban J connectivity index is 2.12. The van der Waals surface area contributed by atoms with Crippen molar-refractivity contribution in [1.82, 2.24) is 4.90 Å². The van der Waals surface area contributed by atoms with Gasteiger partial charge in [0.25, 0.3) is 5.91 Å². The number of nitrogens with zero attached hydrogens (tertiary/aromatic N) is 1. The van der Waals surface area contributed by atoms with Crippen molar-refractivity contribution in [2.24, 2.45) is 0 Å². The van der Waals surface area contributed by atoms with Crippen molar-refractivity contribution in [1.29, 1.82) is 0 Å². The Labute approximate surface area is 101 Å². The second-order valence-corrected chi connectivity index (χ2v) is 4.51. The number of carbonyl (C=O) groups is 2. The minimum atomic E-state index is -0.226. The first kappa shape index (κ1) is 11.8. The summed E-state index contributed by atoms with van der Waals surface area (Å²) < 4.78 is 0. The lowest BCUT2D eigenvalue weighted by Crippen LogP contribution is -2.43.